The van der Waals surface area contributed by atoms with Crippen LogP contribution in [0.2, 0.25) is 0 Å². The highest BCUT2D eigenvalue weighted by Crippen LogP contribution is 2.22. The maximum Gasteiger partial charge on any atom is 0.410 e. The molecule has 25 heavy (non-hydrogen) atoms. The molecule has 2 rings (SSSR count). The van der Waals surface area contributed by atoms with Gasteiger partial charge < -0.3 is 14.2 Å². The highest BCUT2D eigenvalue weighted by atomic mass is 16.6. The number of methoxy groups -OCH3 is 1. The Morgan fingerprint density at radius 3 is 2.60 bits per heavy atom. The van der Waals surface area contributed by atoms with Crippen LogP contribution >= 0.6 is 0 Å². The first-order valence-electron chi connectivity index (χ1n) is 7.30. The summed E-state index contributed by atoms with van der Waals surface area (Å²) in [6.07, 6.45) is -1.27. The molecule has 1 aromatic carbocycles. The van der Waals surface area contributed by atoms with Crippen molar-refractivity contribution in [1.29, 1.82) is 0 Å². The van der Waals surface area contributed by atoms with E-state index in [1.807, 2.05) is 0 Å². The van der Waals surface area contributed by atoms with Crippen molar-refractivity contribution in [2.24, 2.45) is 0 Å². The fourth-order valence-electron chi connectivity index (χ4n) is 2.48. The van der Waals surface area contributed by atoms with Gasteiger partial charge in [0.2, 0.25) is 0 Å². The fourth-order valence-corrected chi connectivity index (χ4v) is 2.48. The molecule has 1 aliphatic rings. The zero-order valence-corrected chi connectivity index (χ0v) is 13.3. The number of nitrogens with zero attached hydrogens (tertiary/aromatic N) is 2. The molecule has 1 saturated heterocycles. The topological polar surface area (TPSA) is 125 Å². The monoisotopic (exact) mass is 352 g/mol. The summed E-state index contributed by atoms with van der Waals surface area (Å²) in [4.78, 5) is 45.6. The molecule has 2 atom stereocenters. The first-order valence-corrected chi connectivity index (χ1v) is 7.30. The summed E-state index contributed by atoms with van der Waals surface area (Å²) < 4.78 is 14.6. The van der Waals surface area contributed by atoms with Gasteiger partial charge in [0.1, 0.15) is 18.8 Å². The van der Waals surface area contributed by atoms with E-state index >= 15 is 0 Å². The van der Waals surface area contributed by atoms with Crippen molar-refractivity contribution in [1.82, 2.24) is 4.90 Å². The van der Waals surface area contributed by atoms with Gasteiger partial charge in [-0.15, -0.1) is 0 Å². The van der Waals surface area contributed by atoms with Crippen LogP contribution in [0.5, 0.6) is 0 Å². The predicted molar refractivity (Wildman–Crippen MR) is 81.3 cm³/mol. The van der Waals surface area contributed by atoms with E-state index in [0.29, 0.717) is 5.56 Å². The average Bonchev–Trinajstić information content (AvgIpc) is 3.03. The number of hydrogen-bond acceptors (Lipinski definition) is 8. The minimum Gasteiger partial charge on any atom is -0.467 e. The Kier molecular flexibility index (Phi) is 5.88. The van der Waals surface area contributed by atoms with Crippen molar-refractivity contribution in [3.63, 3.8) is 0 Å². The average molecular weight is 352 g/mol. The first-order chi connectivity index (χ1) is 12.0. The number of carbonyl (C=O) groups excluding carboxylic acids is 3. The Morgan fingerprint density at radius 2 is 2.04 bits per heavy atom. The normalized spacial score (nSPS) is 19.2. The van der Waals surface area contributed by atoms with Gasteiger partial charge in [0, 0.05) is 18.6 Å². The Labute approximate surface area is 142 Å². The van der Waals surface area contributed by atoms with Gasteiger partial charge in [-0.05, 0) is 17.7 Å². The zero-order valence-electron chi connectivity index (χ0n) is 13.3. The van der Waals surface area contributed by atoms with Crippen LogP contribution < -0.4 is 0 Å². The number of non-ortho nitro benzene ring substituents is 1. The van der Waals surface area contributed by atoms with Crippen molar-refractivity contribution >= 4 is 24.2 Å². The van der Waals surface area contributed by atoms with Gasteiger partial charge in [0.25, 0.3) is 12.2 Å². The van der Waals surface area contributed by atoms with E-state index in [1.165, 1.54) is 31.4 Å². The molecule has 0 aromatic heterocycles. The molecule has 134 valence electrons. The third kappa shape index (κ3) is 4.43. The molecule has 0 N–H and O–H groups in total. The van der Waals surface area contributed by atoms with Gasteiger partial charge >= 0.3 is 12.1 Å². The minimum absolute atomic E-state index is 0.0115. The molecule has 0 saturated carbocycles. The minimum atomic E-state index is -0.903. The van der Waals surface area contributed by atoms with E-state index in [2.05, 4.69) is 4.74 Å². The molecule has 0 aliphatic carbocycles. The van der Waals surface area contributed by atoms with Crippen molar-refractivity contribution in [3.05, 3.63) is 39.9 Å². The second kappa shape index (κ2) is 8.08. The SMILES string of the molecule is COC(=O)[C@@H]1C[C@H](OC=O)CN1C(=O)OCc1ccc([N+](=O)[O-])cc1. The number of nitro groups is 1. The summed E-state index contributed by atoms with van der Waals surface area (Å²) in [5.74, 6) is -0.635. The van der Waals surface area contributed by atoms with Crippen molar-refractivity contribution in [3.8, 4) is 0 Å². The number of rotatable bonds is 6. The van der Waals surface area contributed by atoms with Crippen molar-refractivity contribution in [2.75, 3.05) is 13.7 Å². The lowest BCUT2D eigenvalue weighted by Crippen LogP contribution is -2.41. The molecule has 0 radical (unpaired) electrons. The number of esters is 1. The van der Waals surface area contributed by atoms with Gasteiger partial charge in [0.05, 0.1) is 18.6 Å². The Morgan fingerprint density at radius 1 is 1.36 bits per heavy atom. The molecule has 1 aromatic rings. The number of likely N-dealkylation sites (tertiary alicyclic amines) is 1. The largest absolute Gasteiger partial charge is 0.467 e. The van der Waals surface area contributed by atoms with Crippen LogP contribution in [0, 0.1) is 10.1 Å². The van der Waals surface area contributed by atoms with E-state index < -0.39 is 29.1 Å². The van der Waals surface area contributed by atoms with Crippen LogP contribution in [0.15, 0.2) is 24.3 Å². The summed E-state index contributed by atoms with van der Waals surface area (Å²) in [6, 6.07) is 4.62. The number of carbonyl (C=O) groups is 3. The van der Waals surface area contributed by atoms with Crippen LogP contribution in [-0.2, 0) is 30.4 Å². The molecule has 1 fully saturated rings. The molecular formula is C15H16N2O8. The maximum absolute atomic E-state index is 12.2. The highest BCUT2D eigenvalue weighted by Gasteiger charge is 2.42. The van der Waals surface area contributed by atoms with Crippen molar-refractivity contribution in [2.45, 2.75) is 25.2 Å². The zero-order chi connectivity index (χ0) is 18.4. The number of ether oxygens (including phenoxy) is 3. The molecule has 0 spiro atoms. The molecule has 1 amide bonds. The molecular weight excluding hydrogens is 336 g/mol. The summed E-state index contributed by atoms with van der Waals surface area (Å²) >= 11 is 0. The van der Waals surface area contributed by atoms with E-state index in [0.717, 1.165) is 4.90 Å². The number of amides is 1. The second-order valence-electron chi connectivity index (χ2n) is 5.26. The quantitative estimate of drug-likeness (QED) is 0.244. The Hall–Kier alpha value is -3.17. The third-order valence-corrected chi connectivity index (χ3v) is 3.73. The Bertz CT molecular complexity index is 660. The standard InChI is InChI=1S/C15H16N2O8/c1-23-14(19)13-6-12(25-9-18)7-16(13)15(20)24-8-10-2-4-11(5-3-10)17(21)22/h2-5,9,12-13H,6-8H2,1H3/t12-,13-/m0/s1. The van der Waals surface area contributed by atoms with Crippen molar-refractivity contribution < 1.29 is 33.5 Å². The predicted octanol–water partition coefficient (Wildman–Crippen LogP) is 1.02. The fraction of sp³-hybridized carbons (Fsp3) is 0.400. The number of hydrogen-bond donors (Lipinski definition) is 0. The third-order valence-electron chi connectivity index (χ3n) is 3.73. The lowest BCUT2D eigenvalue weighted by Gasteiger charge is -2.21. The lowest BCUT2D eigenvalue weighted by molar-refractivity contribution is -0.384. The van der Waals surface area contributed by atoms with Crippen LogP contribution in [-0.4, -0.2) is 54.2 Å². The highest BCUT2D eigenvalue weighted by molar-refractivity contribution is 5.82. The molecule has 1 aliphatic heterocycles. The molecule has 0 unspecified atom stereocenters. The van der Waals surface area contributed by atoms with Gasteiger partial charge in [-0.2, -0.15) is 0 Å². The van der Waals surface area contributed by atoms with Gasteiger partial charge in [-0.1, -0.05) is 0 Å². The van der Waals surface area contributed by atoms with Gasteiger partial charge in [0.15, 0.2) is 0 Å². The lowest BCUT2D eigenvalue weighted by atomic mass is 10.2. The Balaban J connectivity index is 1.98. The van der Waals surface area contributed by atoms with Crippen LogP contribution in [0.4, 0.5) is 10.5 Å². The molecule has 10 heteroatoms. The first kappa shape index (κ1) is 18.2. The summed E-state index contributed by atoms with van der Waals surface area (Å²) in [5, 5.41) is 10.6. The number of benzene rings is 1. The maximum atomic E-state index is 12.2. The van der Waals surface area contributed by atoms with E-state index in [4.69, 9.17) is 9.47 Å². The summed E-state index contributed by atoms with van der Waals surface area (Å²) in [7, 11) is 1.19. The van der Waals surface area contributed by atoms with Gasteiger partial charge in [-0.3, -0.25) is 19.8 Å². The number of nitro benzene ring substituents is 1. The summed E-state index contributed by atoms with van der Waals surface area (Å²) in [5.41, 5.74) is 0.475. The summed E-state index contributed by atoms with van der Waals surface area (Å²) in [6.45, 7) is 0.142. The van der Waals surface area contributed by atoms with E-state index in [-0.39, 0.29) is 31.7 Å². The van der Waals surface area contributed by atoms with Gasteiger partial charge in [-0.25, -0.2) is 9.59 Å². The molecule has 1 heterocycles. The second-order valence-corrected chi connectivity index (χ2v) is 5.26. The van der Waals surface area contributed by atoms with E-state index in [1.54, 1.807) is 0 Å². The van der Waals surface area contributed by atoms with E-state index in [9.17, 15) is 24.5 Å². The van der Waals surface area contributed by atoms with Crippen LogP contribution in [0.3, 0.4) is 0 Å². The smallest absolute Gasteiger partial charge is 0.410 e. The van der Waals surface area contributed by atoms with Crippen LogP contribution in [0.1, 0.15) is 12.0 Å². The van der Waals surface area contributed by atoms with Crippen LogP contribution in [0.25, 0.3) is 0 Å². The molecule has 10 nitrogen and oxygen atoms in total. The molecule has 0 bridgehead atoms.